The van der Waals surface area contributed by atoms with Crippen molar-refractivity contribution in [3.63, 3.8) is 0 Å². The molecule has 0 amide bonds. The third-order valence-corrected chi connectivity index (χ3v) is 4.88. The lowest BCUT2D eigenvalue weighted by atomic mass is 10.00. The Morgan fingerprint density at radius 1 is 0.417 bits per heavy atom. The summed E-state index contributed by atoms with van der Waals surface area (Å²) in [5.41, 5.74) is 12.1. The first kappa shape index (κ1) is 23.8. The van der Waals surface area contributed by atoms with Crippen LogP contribution < -0.4 is 11.5 Å². The van der Waals surface area contributed by atoms with Crippen molar-refractivity contribution >= 4 is 0 Å². The first-order chi connectivity index (χ1) is 11.7. The molecule has 2 unspecified atom stereocenters. The van der Waals surface area contributed by atoms with Crippen LogP contribution in [0.15, 0.2) is 0 Å². The second-order valence-corrected chi connectivity index (χ2v) is 7.36. The van der Waals surface area contributed by atoms with Gasteiger partial charge in [0.05, 0.1) is 0 Å². The zero-order valence-electron chi connectivity index (χ0n) is 15.9. The van der Waals surface area contributed by atoms with Crippen molar-refractivity contribution in [2.45, 2.75) is 115 Å². The van der Waals surface area contributed by atoms with Crippen molar-refractivity contribution in [3.8, 4) is 0 Å². The third kappa shape index (κ3) is 18.2. The van der Waals surface area contributed by atoms with E-state index in [2.05, 4.69) is 0 Å². The minimum atomic E-state index is 0.173. The number of nitrogens with two attached hydrogens (primary N) is 2. The highest BCUT2D eigenvalue weighted by atomic mass is 16.3. The molecule has 0 saturated heterocycles. The quantitative estimate of drug-likeness (QED) is 0.268. The summed E-state index contributed by atoms with van der Waals surface area (Å²) in [6, 6.07) is 0.554. The molecule has 0 aromatic heterocycles. The summed E-state index contributed by atoms with van der Waals surface area (Å²) in [5.74, 6) is 0. The summed E-state index contributed by atoms with van der Waals surface area (Å²) < 4.78 is 0. The zero-order chi connectivity index (χ0) is 17.9. The summed E-state index contributed by atoms with van der Waals surface area (Å²) in [6.07, 6.45) is 19.0. The van der Waals surface area contributed by atoms with Crippen LogP contribution in [0.25, 0.3) is 0 Å². The minimum Gasteiger partial charge on any atom is -0.396 e. The first-order valence-corrected chi connectivity index (χ1v) is 10.4. The molecule has 0 bridgehead atoms. The Bertz CT molecular complexity index is 240. The average Bonchev–Trinajstić information content (AvgIpc) is 2.56. The van der Waals surface area contributed by atoms with Gasteiger partial charge in [-0.3, -0.25) is 0 Å². The Kier molecular flexibility index (Phi) is 19.0. The monoisotopic (exact) mass is 344 g/mol. The molecule has 0 aliphatic heterocycles. The highest BCUT2D eigenvalue weighted by Gasteiger charge is 2.04. The van der Waals surface area contributed by atoms with Crippen LogP contribution in [-0.2, 0) is 0 Å². The summed E-state index contributed by atoms with van der Waals surface area (Å²) >= 11 is 0. The standard InChI is InChI=1S/C20H44N2O2/c21-19(13-9-5-3-1-2-4-8-12-17-23)14-10-6-7-11-15-20(22)16-18-24/h19-20,23-24H,1-18,21-22H2. The summed E-state index contributed by atoms with van der Waals surface area (Å²) in [6.45, 7) is 0.550. The molecule has 0 aromatic rings. The van der Waals surface area contributed by atoms with Gasteiger partial charge in [-0.15, -0.1) is 0 Å². The van der Waals surface area contributed by atoms with E-state index in [9.17, 15) is 0 Å². The minimum absolute atomic E-state index is 0.173. The van der Waals surface area contributed by atoms with Crippen molar-refractivity contribution in [3.05, 3.63) is 0 Å². The topological polar surface area (TPSA) is 92.5 Å². The molecule has 0 heterocycles. The zero-order valence-corrected chi connectivity index (χ0v) is 15.9. The normalized spacial score (nSPS) is 14.0. The molecule has 146 valence electrons. The predicted octanol–water partition coefficient (Wildman–Crippen LogP) is 3.87. The molecule has 2 atom stereocenters. The molecule has 0 saturated carbocycles. The second-order valence-electron chi connectivity index (χ2n) is 7.36. The summed E-state index contributed by atoms with van der Waals surface area (Å²) in [7, 11) is 0. The van der Waals surface area contributed by atoms with Crippen molar-refractivity contribution in [1.82, 2.24) is 0 Å². The van der Waals surface area contributed by atoms with E-state index in [4.69, 9.17) is 21.7 Å². The van der Waals surface area contributed by atoms with E-state index in [1.54, 1.807) is 0 Å². The summed E-state index contributed by atoms with van der Waals surface area (Å²) in [5, 5.41) is 17.5. The van der Waals surface area contributed by atoms with E-state index in [0.29, 0.717) is 12.6 Å². The van der Waals surface area contributed by atoms with Gasteiger partial charge in [-0.1, -0.05) is 70.6 Å². The molecule has 0 aliphatic rings. The number of hydrogen-bond donors (Lipinski definition) is 4. The number of aliphatic hydroxyl groups excluding tert-OH is 2. The van der Waals surface area contributed by atoms with Crippen LogP contribution in [0.3, 0.4) is 0 Å². The van der Waals surface area contributed by atoms with Crippen LogP contribution in [0.1, 0.15) is 103 Å². The van der Waals surface area contributed by atoms with Gasteiger partial charge < -0.3 is 21.7 Å². The SMILES string of the molecule is NC(CCO)CCCCCCC(N)CCCCCCCCCCO. The molecular weight excluding hydrogens is 300 g/mol. The number of aliphatic hydroxyl groups is 2. The highest BCUT2D eigenvalue weighted by molar-refractivity contribution is 4.63. The lowest BCUT2D eigenvalue weighted by Crippen LogP contribution is -2.21. The van der Waals surface area contributed by atoms with E-state index in [1.807, 2.05) is 0 Å². The fourth-order valence-corrected chi connectivity index (χ4v) is 3.20. The van der Waals surface area contributed by atoms with Crippen molar-refractivity contribution < 1.29 is 10.2 Å². The molecule has 0 radical (unpaired) electrons. The van der Waals surface area contributed by atoms with Crippen LogP contribution in [0.2, 0.25) is 0 Å². The van der Waals surface area contributed by atoms with Gasteiger partial charge in [0.2, 0.25) is 0 Å². The number of rotatable bonds is 19. The van der Waals surface area contributed by atoms with Crippen LogP contribution in [0.5, 0.6) is 0 Å². The van der Waals surface area contributed by atoms with E-state index in [0.717, 1.165) is 25.7 Å². The molecule has 0 aliphatic carbocycles. The van der Waals surface area contributed by atoms with Gasteiger partial charge in [-0.25, -0.2) is 0 Å². The van der Waals surface area contributed by atoms with Crippen molar-refractivity contribution in [2.75, 3.05) is 13.2 Å². The third-order valence-electron chi connectivity index (χ3n) is 4.88. The molecule has 4 nitrogen and oxygen atoms in total. The predicted molar refractivity (Wildman–Crippen MR) is 104 cm³/mol. The maximum absolute atomic E-state index is 8.80. The second kappa shape index (κ2) is 19.2. The Labute approximate surface area is 150 Å². The lowest BCUT2D eigenvalue weighted by Gasteiger charge is -2.12. The molecule has 0 aromatic carbocycles. The Morgan fingerprint density at radius 2 is 0.750 bits per heavy atom. The van der Waals surface area contributed by atoms with Crippen LogP contribution in [0, 0.1) is 0 Å². The molecule has 4 heteroatoms. The van der Waals surface area contributed by atoms with Gasteiger partial charge in [0.15, 0.2) is 0 Å². The largest absolute Gasteiger partial charge is 0.396 e. The fourth-order valence-electron chi connectivity index (χ4n) is 3.20. The maximum atomic E-state index is 8.80. The van der Waals surface area contributed by atoms with E-state index >= 15 is 0 Å². The van der Waals surface area contributed by atoms with E-state index in [1.165, 1.54) is 77.0 Å². The molecule has 0 spiro atoms. The highest BCUT2D eigenvalue weighted by Crippen LogP contribution is 2.13. The Hall–Kier alpha value is -0.160. The lowest BCUT2D eigenvalue weighted by molar-refractivity contribution is 0.271. The average molecular weight is 345 g/mol. The smallest absolute Gasteiger partial charge is 0.0445 e. The Morgan fingerprint density at radius 3 is 1.12 bits per heavy atom. The van der Waals surface area contributed by atoms with Crippen LogP contribution in [0.4, 0.5) is 0 Å². The number of hydrogen-bond acceptors (Lipinski definition) is 4. The van der Waals surface area contributed by atoms with Crippen molar-refractivity contribution in [2.24, 2.45) is 11.5 Å². The molecular formula is C20H44N2O2. The molecule has 0 fully saturated rings. The van der Waals surface area contributed by atoms with Gasteiger partial charge in [0, 0.05) is 25.3 Å². The summed E-state index contributed by atoms with van der Waals surface area (Å²) in [4.78, 5) is 0. The van der Waals surface area contributed by atoms with Gasteiger partial charge in [0.25, 0.3) is 0 Å². The molecule has 6 N–H and O–H groups in total. The molecule has 24 heavy (non-hydrogen) atoms. The van der Waals surface area contributed by atoms with Crippen LogP contribution >= 0.6 is 0 Å². The van der Waals surface area contributed by atoms with Gasteiger partial charge in [-0.2, -0.15) is 0 Å². The van der Waals surface area contributed by atoms with E-state index < -0.39 is 0 Å². The first-order valence-electron chi connectivity index (χ1n) is 10.4. The number of unbranched alkanes of at least 4 members (excludes halogenated alkanes) is 10. The molecule has 0 rings (SSSR count). The maximum Gasteiger partial charge on any atom is 0.0445 e. The van der Waals surface area contributed by atoms with Gasteiger partial charge >= 0.3 is 0 Å². The van der Waals surface area contributed by atoms with E-state index in [-0.39, 0.29) is 12.6 Å². The van der Waals surface area contributed by atoms with Crippen molar-refractivity contribution in [1.29, 1.82) is 0 Å². The van der Waals surface area contributed by atoms with Gasteiger partial charge in [0.1, 0.15) is 0 Å². The van der Waals surface area contributed by atoms with Gasteiger partial charge in [-0.05, 0) is 32.1 Å². The van der Waals surface area contributed by atoms with Crippen LogP contribution in [-0.4, -0.2) is 35.5 Å². The Balaban J connectivity index is 3.20. The fraction of sp³-hybridized carbons (Fsp3) is 1.00.